The molecular formula is C17H24N2O2. The van der Waals surface area contributed by atoms with Crippen LogP contribution in [0, 0.1) is 5.41 Å². The lowest BCUT2D eigenvalue weighted by atomic mass is 9.89. The lowest BCUT2D eigenvalue weighted by Gasteiger charge is -2.25. The van der Waals surface area contributed by atoms with Crippen LogP contribution in [0.25, 0.3) is 10.8 Å². The molecule has 0 aliphatic heterocycles. The summed E-state index contributed by atoms with van der Waals surface area (Å²) in [6, 6.07) is 8.00. The van der Waals surface area contributed by atoms with Gasteiger partial charge in [0.1, 0.15) is 11.6 Å². The monoisotopic (exact) mass is 288 g/mol. The molecule has 0 bridgehead atoms. The van der Waals surface area contributed by atoms with Crippen LogP contribution in [0.4, 0.5) is 5.82 Å². The van der Waals surface area contributed by atoms with Gasteiger partial charge in [-0.15, -0.1) is 0 Å². The molecular weight excluding hydrogens is 264 g/mol. The summed E-state index contributed by atoms with van der Waals surface area (Å²) in [6.45, 7) is 6.07. The van der Waals surface area contributed by atoms with Crippen molar-refractivity contribution in [3.8, 4) is 5.75 Å². The number of methoxy groups -OCH3 is 2. The maximum atomic E-state index is 5.41. The van der Waals surface area contributed by atoms with E-state index in [-0.39, 0.29) is 5.41 Å². The van der Waals surface area contributed by atoms with Gasteiger partial charge in [-0.1, -0.05) is 26.0 Å². The van der Waals surface area contributed by atoms with Crippen LogP contribution in [-0.2, 0) is 4.74 Å². The van der Waals surface area contributed by atoms with Crippen molar-refractivity contribution < 1.29 is 9.47 Å². The summed E-state index contributed by atoms with van der Waals surface area (Å²) in [4.78, 5) is 4.47. The second-order valence-electron chi connectivity index (χ2n) is 5.98. The molecule has 0 amide bonds. The van der Waals surface area contributed by atoms with Gasteiger partial charge in [-0.2, -0.15) is 0 Å². The summed E-state index contributed by atoms with van der Waals surface area (Å²) in [6.07, 6.45) is 2.82. The molecule has 1 heterocycles. The Labute approximate surface area is 126 Å². The van der Waals surface area contributed by atoms with Crippen LogP contribution in [0.1, 0.15) is 20.3 Å². The van der Waals surface area contributed by atoms with Gasteiger partial charge >= 0.3 is 0 Å². The number of aromatic nitrogens is 1. The first-order valence-corrected chi connectivity index (χ1v) is 7.22. The van der Waals surface area contributed by atoms with Crippen molar-refractivity contribution >= 4 is 16.6 Å². The molecule has 0 saturated carbocycles. The van der Waals surface area contributed by atoms with Crippen molar-refractivity contribution in [1.29, 1.82) is 0 Å². The van der Waals surface area contributed by atoms with Crippen molar-refractivity contribution in [3.05, 3.63) is 30.5 Å². The van der Waals surface area contributed by atoms with Crippen LogP contribution in [0.15, 0.2) is 30.5 Å². The van der Waals surface area contributed by atoms with Crippen LogP contribution >= 0.6 is 0 Å². The topological polar surface area (TPSA) is 43.4 Å². The van der Waals surface area contributed by atoms with Crippen molar-refractivity contribution in [3.63, 3.8) is 0 Å². The number of nitrogens with one attached hydrogen (secondary N) is 1. The highest BCUT2D eigenvalue weighted by atomic mass is 16.5. The predicted molar refractivity (Wildman–Crippen MR) is 87.1 cm³/mol. The SMILES string of the molecule is COCCC(C)(C)CNc1nccc2c(OC)cccc12. The van der Waals surface area contributed by atoms with E-state index in [2.05, 4.69) is 30.2 Å². The van der Waals surface area contributed by atoms with Gasteiger partial charge in [0.2, 0.25) is 0 Å². The van der Waals surface area contributed by atoms with E-state index in [0.29, 0.717) is 0 Å². The van der Waals surface area contributed by atoms with Crippen molar-refractivity contribution in [2.24, 2.45) is 5.41 Å². The minimum Gasteiger partial charge on any atom is -0.496 e. The summed E-state index contributed by atoms with van der Waals surface area (Å²) >= 11 is 0. The predicted octanol–water partition coefficient (Wildman–Crippen LogP) is 3.72. The fourth-order valence-electron chi connectivity index (χ4n) is 2.29. The van der Waals surface area contributed by atoms with Crippen LogP contribution in [-0.4, -0.2) is 32.4 Å². The quantitative estimate of drug-likeness (QED) is 0.843. The zero-order valence-corrected chi connectivity index (χ0v) is 13.3. The molecule has 0 radical (unpaired) electrons. The molecule has 2 rings (SSSR count). The average molecular weight is 288 g/mol. The summed E-state index contributed by atoms with van der Waals surface area (Å²) in [5.74, 6) is 1.77. The van der Waals surface area contributed by atoms with Crippen LogP contribution in [0.2, 0.25) is 0 Å². The Morgan fingerprint density at radius 3 is 2.67 bits per heavy atom. The maximum Gasteiger partial charge on any atom is 0.133 e. The third kappa shape index (κ3) is 3.85. The fraction of sp³-hybridized carbons (Fsp3) is 0.471. The first-order chi connectivity index (χ1) is 10.1. The molecule has 0 spiro atoms. The smallest absolute Gasteiger partial charge is 0.133 e. The van der Waals surface area contributed by atoms with Crippen LogP contribution in [0.3, 0.4) is 0 Å². The molecule has 0 atom stereocenters. The van der Waals surface area contributed by atoms with Gasteiger partial charge in [0.15, 0.2) is 0 Å². The van der Waals surface area contributed by atoms with Gasteiger partial charge in [-0.05, 0) is 24.0 Å². The molecule has 1 N–H and O–H groups in total. The number of pyridine rings is 1. The zero-order valence-electron chi connectivity index (χ0n) is 13.3. The Bertz CT molecular complexity index is 596. The average Bonchev–Trinajstić information content (AvgIpc) is 2.50. The van der Waals surface area contributed by atoms with E-state index in [4.69, 9.17) is 9.47 Å². The van der Waals surface area contributed by atoms with Crippen molar-refractivity contribution in [2.45, 2.75) is 20.3 Å². The normalized spacial score (nSPS) is 11.6. The second-order valence-corrected chi connectivity index (χ2v) is 5.98. The summed E-state index contributed by atoms with van der Waals surface area (Å²) < 4.78 is 10.6. The molecule has 1 aromatic heterocycles. The van der Waals surface area contributed by atoms with E-state index in [1.54, 1.807) is 14.2 Å². The number of ether oxygens (including phenoxy) is 2. The zero-order chi connectivity index (χ0) is 15.3. The van der Waals surface area contributed by atoms with Gasteiger partial charge < -0.3 is 14.8 Å². The molecule has 2 aromatic rings. The Balaban J connectivity index is 2.19. The molecule has 114 valence electrons. The molecule has 0 aliphatic rings. The minimum atomic E-state index is 0.152. The standard InChI is InChI=1S/C17H24N2O2/c1-17(2,9-11-20-3)12-19-16-14-6-5-7-15(21-4)13(14)8-10-18-16/h5-8,10H,9,11-12H2,1-4H3,(H,18,19). The molecule has 0 fully saturated rings. The highest BCUT2D eigenvalue weighted by molar-refractivity contribution is 5.95. The van der Waals surface area contributed by atoms with Gasteiger partial charge in [0.25, 0.3) is 0 Å². The summed E-state index contributed by atoms with van der Waals surface area (Å²) in [7, 11) is 3.43. The molecule has 4 heteroatoms. The highest BCUT2D eigenvalue weighted by Crippen LogP contribution is 2.30. The van der Waals surface area contributed by atoms with Crippen LogP contribution in [0.5, 0.6) is 5.75 Å². The minimum absolute atomic E-state index is 0.152. The molecule has 1 aromatic carbocycles. The molecule has 21 heavy (non-hydrogen) atoms. The summed E-state index contributed by atoms with van der Waals surface area (Å²) in [5, 5.41) is 5.62. The number of nitrogens with zero attached hydrogens (tertiary/aromatic N) is 1. The number of hydrogen-bond donors (Lipinski definition) is 1. The van der Waals surface area contributed by atoms with E-state index in [9.17, 15) is 0 Å². The number of fused-ring (bicyclic) bond motifs is 1. The largest absolute Gasteiger partial charge is 0.496 e. The molecule has 0 saturated heterocycles. The Morgan fingerprint density at radius 2 is 1.95 bits per heavy atom. The van der Waals surface area contributed by atoms with E-state index < -0.39 is 0 Å². The third-order valence-corrected chi connectivity index (χ3v) is 3.70. The van der Waals surface area contributed by atoms with Gasteiger partial charge in [-0.3, -0.25) is 0 Å². The summed E-state index contributed by atoms with van der Waals surface area (Å²) in [5.41, 5.74) is 0.152. The lowest BCUT2D eigenvalue weighted by Crippen LogP contribution is -2.25. The second kappa shape index (κ2) is 6.76. The van der Waals surface area contributed by atoms with E-state index in [1.165, 1.54) is 0 Å². The third-order valence-electron chi connectivity index (χ3n) is 3.70. The molecule has 4 nitrogen and oxygen atoms in total. The lowest BCUT2D eigenvalue weighted by molar-refractivity contribution is 0.157. The Hall–Kier alpha value is -1.81. The van der Waals surface area contributed by atoms with Gasteiger partial charge in [0.05, 0.1) is 7.11 Å². The van der Waals surface area contributed by atoms with Gasteiger partial charge in [0, 0.05) is 37.2 Å². The number of hydrogen-bond acceptors (Lipinski definition) is 4. The van der Waals surface area contributed by atoms with E-state index in [1.807, 2.05) is 24.4 Å². The van der Waals surface area contributed by atoms with Crippen molar-refractivity contribution in [2.75, 3.05) is 32.7 Å². The first-order valence-electron chi connectivity index (χ1n) is 7.22. The Kier molecular flexibility index (Phi) is 5.02. The molecule has 0 unspecified atom stereocenters. The number of rotatable bonds is 7. The molecule has 0 aliphatic carbocycles. The maximum absolute atomic E-state index is 5.41. The Morgan fingerprint density at radius 1 is 1.14 bits per heavy atom. The van der Waals surface area contributed by atoms with Gasteiger partial charge in [-0.25, -0.2) is 4.98 Å². The van der Waals surface area contributed by atoms with E-state index in [0.717, 1.165) is 41.9 Å². The fourth-order valence-corrected chi connectivity index (χ4v) is 2.29. The van der Waals surface area contributed by atoms with E-state index >= 15 is 0 Å². The number of benzene rings is 1. The highest BCUT2D eigenvalue weighted by Gasteiger charge is 2.18. The van der Waals surface area contributed by atoms with Crippen LogP contribution < -0.4 is 10.1 Å². The first kappa shape index (κ1) is 15.6. The number of anilines is 1. The van der Waals surface area contributed by atoms with Crippen molar-refractivity contribution in [1.82, 2.24) is 4.98 Å².